The van der Waals surface area contributed by atoms with Crippen LogP contribution in [0.25, 0.3) is 0 Å². The van der Waals surface area contributed by atoms with Crippen molar-refractivity contribution in [3.8, 4) is 0 Å². The Kier molecular flexibility index (Phi) is 3.69. The maximum atomic E-state index is 4.30. The maximum absolute atomic E-state index is 4.30. The van der Waals surface area contributed by atoms with E-state index in [1.807, 2.05) is 4.68 Å². The SMILES string of the molecule is Cc1ccc(C)n1NCc1ncnn1CC(C)C. The normalized spacial score (nSPS) is 11.2. The third-order valence-corrected chi connectivity index (χ3v) is 2.90. The summed E-state index contributed by atoms with van der Waals surface area (Å²) in [5.74, 6) is 1.54. The molecule has 5 nitrogen and oxygen atoms in total. The highest BCUT2D eigenvalue weighted by molar-refractivity contribution is 5.15. The van der Waals surface area contributed by atoms with Crippen molar-refractivity contribution in [3.63, 3.8) is 0 Å². The smallest absolute Gasteiger partial charge is 0.147 e. The lowest BCUT2D eigenvalue weighted by Gasteiger charge is -2.13. The van der Waals surface area contributed by atoms with Crippen LogP contribution < -0.4 is 5.43 Å². The van der Waals surface area contributed by atoms with Crippen LogP contribution in [-0.4, -0.2) is 19.4 Å². The molecule has 98 valence electrons. The van der Waals surface area contributed by atoms with Crippen LogP contribution >= 0.6 is 0 Å². The van der Waals surface area contributed by atoms with Crippen LogP contribution in [0.15, 0.2) is 18.5 Å². The van der Waals surface area contributed by atoms with Crippen LogP contribution in [0.1, 0.15) is 31.1 Å². The average molecular weight is 247 g/mol. The van der Waals surface area contributed by atoms with Crippen LogP contribution in [-0.2, 0) is 13.1 Å². The third-order valence-electron chi connectivity index (χ3n) is 2.90. The van der Waals surface area contributed by atoms with Gasteiger partial charge in [-0.05, 0) is 31.9 Å². The fourth-order valence-corrected chi connectivity index (χ4v) is 1.99. The number of aryl methyl sites for hydroxylation is 2. The van der Waals surface area contributed by atoms with E-state index in [0.29, 0.717) is 12.5 Å². The fourth-order valence-electron chi connectivity index (χ4n) is 1.99. The number of nitrogens with one attached hydrogen (secondary N) is 1. The van der Waals surface area contributed by atoms with Crippen molar-refractivity contribution in [3.05, 3.63) is 35.7 Å². The van der Waals surface area contributed by atoms with Gasteiger partial charge in [0.1, 0.15) is 12.2 Å². The number of rotatable bonds is 5. The molecule has 2 heterocycles. The summed E-state index contributed by atoms with van der Waals surface area (Å²) in [5.41, 5.74) is 5.76. The van der Waals surface area contributed by atoms with E-state index in [1.54, 1.807) is 6.33 Å². The van der Waals surface area contributed by atoms with Crippen molar-refractivity contribution in [2.75, 3.05) is 5.43 Å². The molecule has 0 spiro atoms. The van der Waals surface area contributed by atoms with Gasteiger partial charge >= 0.3 is 0 Å². The summed E-state index contributed by atoms with van der Waals surface area (Å²) in [7, 11) is 0. The first-order chi connectivity index (χ1) is 8.58. The average Bonchev–Trinajstić information content (AvgIpc) is 2.85. The molecule has 18 heavy (non-hydrogen) atoms. The minimum Gasteiger partial charge on any atom is -0.318 e. The highest BCUT2D eigenvalue weighted by Crippen LogP contribution is 2.06. The second-order valence-electron chi connectivity index (χ2n) is 5.04. The quantitative estimate of drug-likeness (QED) is 0.880. The number of hydrogen-bond donors (Lipinski definition) is 1. The first-order valence-corrected chi connectivity index (χ1v) is 6.33. The molecule has 0 amide bonds. The van der Waals surface area contributed by atoms with E-state index >= 15 is 0 Å². The lowest BCUT2D eigenvalue weighted by molar-refractivity contribution is 0.466. The van der Waals surface area contributed by atoms with Crippen LogP contribution in [0.3, 0.4) is 0 Å². The molecule has 0 aliphatic heterocycles. The van der Waals surface area contributed by atoms with Crippen LogP contribution in [0.4, 0.5) is 0 Å². The van der Waals surface area contributed by atoms with E-state index in [1.165, 1.54) is 11.4 Å². The zero-order chi connectivity index (χ0) is 13.1. The highest BCUT2D eigenvalue weighted by atomic mass is 15.4. The van der Waals surface area contributed by atoms with Crippen molar-refractivity contribution in [2.24, 2.45) is 5.92 Å². The minimum atomic E-state index is 0.570. The second kappa shape index (κ2) is 5.25. The van der Waals surface area contributed by atoms with Gasteiger partial charge < -0.3 is 5.43 Å². The lowest BCUT2D eigenvalue weighted by atomic mass is 10.2. The van der Waals surface area contributed by atoms with Gasteiger partial charge in [-0.2, -0.15) is 5.10 Å². The third kappa shape index (κ3) is 2.72. The summed E-state index contributed by atoms with van der Waals surface area (Å²) in [4.78, 5) is 4.30. The van der Waals surface area contributed by atoms with E-state index in [0.717, 1.165) is 12.4 Å². The monoisotopic (exact) mass is 247 g/mol. The predicted octanol–water partition coefficient (Wildman–Crippen LogP) is 2.10. The van der Waals surface area contributed by atoms with Crippen molar-refractivity contribution >= 4 is 0 Å². The fraction of sp³-hybridized carbons (Fsp3) is 0.538. The Morgan fingerprint density at radius 3 is 2.50 bits per heavy atom. The maximum Gasteiger partial charge on any atom is 0.147 e. The molecule has 0 aliphatic carbocycles. The zero-order valence-corrected chi connectivity index (χ0v) is 11.5. The Bertz CT molecular complexity index is 490. The number of hydrogen-bond acceptors (Lipinski definition) is 3. The van der Waals surface area contributed by atoms with E-state index in [9.17, 15) is 0 Å². The molecule has 0 radical (unpaired) electrons. The molecule has 0 aliphatic rings. The van der Waals surface area contributed by atoms with Gasteiger partial charge in [0.05, 0.1) is 6.54 Å². The Hall–Kier alpha value is -1.78. The van der Waals surface area contributed by atoms with Crippen LogP contribution in [0.5, 0.6) is 0 Å². The molecule has 2 rings (SSSR count). The van der Waals surface area contributed by atoms with Crippen molar-refractivity contribution < 1.29 is 0 Å². The topological polar surface area (TPSA) is 47.7 Å². The Labute approximate surface area is 108 Å². The second-order valence-corrected chi connectivity index (χ2v) is 5.04. The summed E-state index contributed by atoms with van der Waals surface area (Å²) in [5, 5.41) is 4.26. The van der Waals surface area contributed by atoms with Gasteiger partial charge in [-0.3, -0.25) is 4.68 Å². The summed E-state index contributed by atoms with van der Waals surface area (Å²) < 4.78 is 4.04. The Morgan fingerprint density at radius 1 is 1.22 bits per heavy atom. The van der Waals surface area contributed by atoms with Crippen molar-refractivity contribution in [1.29, 1.82) is 0 Å². The minimum absolute atomic E-state index is 0.570. The largest absolute Gasteiger partial charge is 0.318 e. The molecular formula is C13H21N5. The molecule has 2 aromatic rings. The van der Waals surface area contributed by atoms with Crippen molar-refractivity contribution in [2.45, 2.75) is 40.8 Å². The zero-order valence-electron chi connectivity index (χ0n) is 11.5. The molecule has 5 heteroatoms. The molecule has 0 saturated carbocycles. The van der Waals surface area contributed by atoms with E-state index < -0.39 is 0 Å². The van der Waals surface area contributed by atoms with Gasteiger partial charge in [-0.15, -0.1) is 0 Å². The molecule has 2 aromatic heterocycles. The van der Waals surface area contributed by atoms with Gasteiger partial charge in [0, 0.05) is 17.9 Å². The molecule has 0 aromatic carbocycles. The van der Waals surface area contributed by atoms with Gasteiger partial charge in [0.2, 0.25) is 0 Å². The molecular weight excluding hydrogens is 226 g/mol. The molecule has 0 bridgehead atoms. The van der Waals surface area contributed by atoms with Gasteiger partial charge in [0.15, 0.2) is 0 Å². The van der Waals surface area contributed by atoms with Gasteiger partial charge in [0.25, 0.3) is 0 Å². The molecule has 1 N–H and O–H groups in total. The summed E-state index contributed by atoms with van der Waals surface area (Å²) in [6, 6.07) is 4.20. The molecule has 0 atom stereocenters. The first kappa shape index (κ1) is 12.7. The van der Waals surface area contributed by atoms with E-state index in [2.05, 4.69) is 60.0 Å². The van der Waals surface area contributed by atoms with Gasteiger partial charge in [-0.1, -0.05) is 13.8 Å². The van der Waals surface area contributed by atoms with E-state index in [-0.39, 0.29) is 0 Å². The molecule has 0 saturated heterocycles. The molecule has 0 unspecified atom stereocenters. The number of aromatic nitrogens is 4. The first-order valence-electron chi connectivity index (χ1n) is 6.33. The van der Waals surface area contributed by atoms with Gasteiger partial charge in [-0.25, -0.2) is 9.67 Å². The Morgan fingerprint density at radius 2 is 1.89 bits per heavy atom. The Balaban J connectivity index is 2.04. The lowest BCUT2D eigenvalue weighted by Crippen LogP contribution is -2.20. The van der Waals surface area contributed by atoms with Crippen LogP contribution in [0.2, 0.25) is 0 Å². The molecule has 0 fully saturated rings. The standard InChI is InChI=1S/C13H21N5/c1-10(2)8-17-13(14-9-16-17)7-15-18-11(3)5-6-12(18)4/h5-6,9-10,15H,7-8H2,1-4H3. The summed E-state index contributed by atoms with van der Waals surface area (Å²) >= 11 is 0. The van der Waals surface area contributed by atoms with Crippen LogP contribution in [0, 0.1) is 19.8 Å². The van der Waals surface area contributed by atoms with Crippen molar-refractivity contribution in [1.82, 2.24) is 19.4 Å². The summed E-state index contributed by atoms with van der Waals surface area (Å²) in [6.07, 6.45) is 1.62. The summed E-state index contributed by atoms with van der Waals surface area (Å²) in [6.45, 7) is 10.1. The number of nitrogens with zero attached hydrogens (tertiary/aromatic N) is 4. The highest BCUT2D eigenvalue weighted by Gasteiger charge is 2.07. The predicted molar refractivity (Wildman–Crippen MR) is 71.8 cm³/mol. The van der Waals surface area contributed by atoms with E-state index in [4.69, 9.17) is 0 Å².